The number of aryl methyl sites for hydroxylation is 1. The fourth-order valence-electron chi connectivity index (χ4n) is 2.72. The van der Waals surface area contributed by atoms with Gasteiger partial charge in [0.2, 0.25) is 0 Å². The highest BCUT2D eigenvalue weighted by Gasteiger charge is 2.23. The van der Waals surface area contributed by atoms with Gasteiger partial charge in [0.15, 0.2) is 0 Å². The number of carbonyl (C=O) groups is 2. The number of carboxylic acid groups (broad SMARTS) is 1. The van der Waals surface area contributed by atoms with Crippen molar-refractivity contribution in [1.82, 2.24) is 5.32 Å². The quantitative estimate of drug-likeness (QED) is 0.846. The van der Waals surface area contributed by atoms with Crippen LogP contribution in [0.25, 0.3) is 0 Å². The van der Waals surface area contributed by atoms with Gasteiger partial charge in [0.1, 0.15) is 12.1 Å². The van der Waals surface area contributed by atoms with E-state index in [1.807, 2.05) is 30.3 Å². The van der Waals surface area contributed by atoms with E-state index in [4.69, 9.17) is 4.74 Å². The molecule has 5 nitrogen and oxygen atoms in total. The van der Waals surface area contributed by atoms with E-state index < -0.39 is 18.1 Å². The number of carbonyl (C=O) groups excluding carboxylic acids is 1. The van der Waals surface area contributed by atoms with Crippen LogP contribution in [-0.2, 0) is 16.0 Å². The zero-order valence-corrected chi connectivity index (χ0v) is 12.7. The zero-order chi connectivity index (χ0) is 15.8. The number of aliphatic carboxylic acids is 1. The number of carboxylic acids is 1. The Morgan fingerprint density at radius 3 is 2.50 bits per heavy atom. The van der Waals surface area contributed by atoms with Gasteiger partial charge in [0.05, 0.1) is 0 Å². The first-order valence-electron chi connectivity index (χ1n) is 7.89. The van der Waals surface area contributed by atoms with E-state index >= 15 is 0 Å². The Morgan fingerprint density at radius 1 is 1.18 bits per heavy atom. The molecule has 0 heterocycles. The number of amides is 1. The fraction of sp³-hybridized carbons (Fsp3) is 0.529. The topological polar surface area (TPSA) is 75.6 Å². The second-order valence-electron chi connectivity index (χ2n) is 5.72. The Labute approximate surface area is 130 Å². The molecule has 2 rings (SSSR count). The van der Waals surface area contributed by atoms with Crippen LogP contribution in [0.4, 0.5) is 4.79 Å². The molecule has 0 unspecified atom stereocenters. The summed E-state index contributed by atoms with van der Waals surface area (Å²) in [6.07, 6.45) is 5.30. The minimum Gasteiger partial charge on any atom is -0.480 e. The van der Waals surface area contributed by atoms with E-state index in [0.29, 0.717) is 12.8 Å². The van der Waals surface area contributed by atoms with Crippen LogP contribution < -0.4 is 5.32 Å². The lowest BCUT2D eigenvalue weighted by molar-refractivity contribution is -0.139. The molecule has 1 atom stereocenters. The first-order chi connectivity index (χ1) is 10.6. The van der Waals surface area contributed by atoms with Crippen LogP contribution in [-0.4, -0.2) is 29.3 Å². The lowest BCUT2D eigenvalue weighted by atomic mass is 9.98. The second-order valence-corrected chi connectivity index (χ2v) is 5.72. The molecule has 1 amide bonds. The van der Waals surface area contributed by atoms with Gasteiger partial charge >= 0.3 is 12.1 Å². The first kappa shape index (κ1) is 16.3. The summed E-state index contributed by atoms with van der Waals surface area (Å²) in [5.74, 6) is -1.03. The van der Waals surface area contributed by atoms with Gasteiger partial charge in [0, 0.05) is 0 Å². The Morgan fingerprint density at radius 2 is 1.86 bits per heavy atom. The van der Waals surface area contributed by atoms with Crippen molar-refractivity contribution in [2.24, 2.45) is 0 Å². The fourth-order valence-corrected chi connectivity index (χ4v) is 2.72. The molecule has 1 saturated carbocycles. The first-order valence-corrected chi connectivity index (χ1v) is 7.89. The van der Waals surface area contributed by atoms with E-state index in [1.54, 1.807) is 0 Å². The zero-order valence-electron chi connectivity index (χ0n) is 12.7. The third-order valence-corrected chi connectivity index (χ3v) is 3.98. The standard InChI is InChI=1S/C17H23NO4/c19-16(20)15(12-11-13-7-3-1-4-8-13)18-17(21)22-14-9-5-2-6-10-14/h1,3-4,7-8,14-15H,2,5-6,9-12H2,(H,18,21)(H,19,20)/t15-/m1/s1. The van der Waals surface area contributed by atoms with Gasteiger partial charge in [-0.15, -0.1) is 0 Å². The van der Waals surface area contributed by atoms with Crippen molar-refractivity contribution in [2.75, 3.05) is 0 Å². The van der Waals surface area contributed by atoms with Crippen LogP contribution in [0.15, 0.2) is 30.3 Å². The van der Waals surface area contributed by atoms with Gasteiger partial charge in [-0.1, -0.05) is 36.8 Å². The molecule has 1 aromatic rings. The number of hydrogen-bond acceptors (Lipinski definition) is 3. The molecule has 1 aromatic carbocycles. The third kappa shape index (κ3) is 5.39. The molecule has 5 heteroatoms. The lowest BCUT2D eigenvalue weighted by Crippen LogP contribution is -2.42. The van der Waals surface area contributed by atoms with E-state index in [9.17, 15) is 14.7 Å². The molecule has 1 aliphatic carbocycles. The lowest BCUT2D eigenvalue weighted by Gasteiger charge is -2.23. The van der Waals surface area contributed by atoms with Gasteiger partial charge in [-0.05, 0) is 44.1 Å². The molecule has 0 aromatic heterocycles. The number of alkyl carbamates (subject to hydrolysis) is 1. The van der Waals surface area contributed by atoms with Gasteiger partial charge in [-0.2, -0.15) is 0 Å². The monoisotopic (exact) mass is 305 g/mol. The normalized spacial score (nSPS) is 16.7. The molecule has 0 spiro atoms. The third-order valence-electron chi connectivity index (χ3n) is 3.98. The van der Waals surface area contributed by atoms with Gasteiger partial charge in [0.25, 0.3) is 0 Å². The van der Waals surface area contributed by atoms with Crippen LogP contribution in [0.1, 0.15) is 44.1 Å². The van der Waals surface area contributed by atoms with E-state index in [2.05, 4.69) is 5.32 Å². The summed E-state index contributed by atoms with van der Waals surface area (Å²) in [6.45, 7) is 0. The summed E-state index contributed by atoms with van der Waals surface area (Å²) in [7, 11) is 0. The average molecular weight is 305 g/mol. The van der Waals surface area contributed by atoms with Crippen molar-refractivity contribution >= 4 is 12.1 Å². The highest BCUT2D eigenvalue weighted by molar-refractivity contribution is 5.79. The number of ether oxygens (including phenoxy) is 1. The predicted molar refractivity (Wildman–Crippen MR) is 82.7 cm³/mol. The van der Waals surface area contributed by atoms with Gasteiger partial charge in [-0.3, -0.25) is 0 Å². The molecule has 0 aliphatic heterocycles. The molecule has 22 heavy (non-hydrogen) atoms. The SMILES string of the molecule is O=C(N[C@H](CCc1ccccc1)C(=O)O)OC1CCCCC1. The molecule has 120 valence electrons. The molecular weight excluding hydrogens is 282 g/mol. The number of rotatable bonds is 6. The Kier molecular flexibility index (Phi) is 6.25. The molecule has 0 saturated heterocycles. The summed E-state index contributed by atoms with van der Waals surface area (Å²) < 4.78 is 5.31. The number of nitrogens with one attached hydrogen (secondary N) is 1. The molecular formula is C17H23NO4. The van der Waals surface area contributed by atoms with Crippen molar-refractivity contribution in [2.45, 2.75) is 57.1 Å². The van der Waals surface area contributed by atoms with Crippen LogP contribution in [0, 0.1) is 0 Å². The van der Waals surface area contributed by atoms with E-state index in [1.165, 1.54) is 6.42 Å². The molecule has 1 aliphatic rings. The van der Waals surface area contributed by atoms with Crippen LogP contribution in [0.5, 0.6) is 0 Å². The van der Waals surface area contributed by atoms with Crippen molar-refractivity contribution in [3.05, 3.63) is 35.9 Å². The van der Waals surface area contributed by atoms with Gasteiger partial charge in [-0.25, -0.2) is 9.59 Å². The number of hydrogen-bond donors (Lipinski definition) is 2. The summed E-state index contributed by atoms with van der Waals surface area (Å²) in [6, 6.07) is 8.71. The summed E-state index contributed by atoms with van der Waals surface area (Å²) in [4.78, 5) is 23.1. The Balaban J connectivity index is 1.80. The van der Waals surface area contributed by atoms with Crippen LogP contribution >= 0.6 is 0 Å². The summed E-state index contributed by atoms with van der Waals surface area (Å²) in [5, 5.41) is 11.7. The molecule has 2 N–H and O–H groups in total. The maximum atomic E-state index is 11.8. The largest absolute Gasteiger partial charge is 0.480 e. The van der Waals surface area contributed by atoms with E-state index in [-0.39, 0.29) is 6.10 Å². The molecule has 1 fully saturated rings. The van der Waals surface area contributed by atoms with Crippen LogP contribution in [0.3, 0.4) is 0 Å². The Bertz CT molecular complexity index is 483. The molecule has 0 radical (unpaired) electrons. The smallest absolute Gasteiger partial charge is 0.408 e. The highest BCUT2D eigenvalue weighted by atomic mass is 16.6. The molecule has 0 bridgehead atoms. The average Bonchev–Trinajstić information content (AvgIpc) is 2.53. The van der Waals surface area contributed by atoms with Crippen LogP contribution in [0.2, 0.25) is 0 Å². The van der Waals surface area contributed by atoms with Gasteiger partial charge < -0.3 is 15.2 Å². The van der Waals surface area contributed by atoms with Crippen molar-refractivity contribution < 1.29 is 19.4 Å². The number of benzene rings is 1. The highest BCUT2D eigenvalue weighted by Crippen LogP contribution is 2.20. The minimum atomic E-state index is -1.03. The van der Waals surface area contributed by atoms with Crippen molar-refractivity contribution in [1.29, 1.82) is 0 Å². The summed E-state index contributed by atoms with van der Waals surface area (Å²) in [5.41, 5.74) is 1.05. The summed E-state index contributed by atoms with van der Waals surface area (Å²) >= 11 is 0. The van der Waals surface area contributed by atoms with Crippen molar-refractivity contribution in [3.63, 3.8) is 0 Å². The van der Waals surface area contributed by atoms with Crippen molar-refractivity contribution in [3.8, 4) is 0 Å². The Hall–Kier alpha value is -2.04. The maximum absolute atomic E-state index is 11.8. The van der Waals surface area contributed by atoms with E-state index in [0.717, 1.165) is 31.2 Å². The maximum Gasteiger partial charge on any atom is 0.408 e. The minimum absolute atomic E-state index is 0.0719. The predicted octanol–water partition coefficient (Wildman–Crippen LogP) is 3.13. The second kappa shape index (κ2) is 8.41.